The lowest BCUT2D eigenvalue weighted by Gasteiger charge is -2.32. The van der Waals surface area contributed by atoms with Crippen LogP contribution < -0.4 is 10.6 Å². The van der Waals surface area contributed by atoms with E-state index in [1.54, 1.807) is 0 Å². The summed E-state index contributed by atoms with van der Waals surface area (Å²) in [7, 11) is 0. The number of aryl methyl sites for hydroxylation is 1. The number of piperidine rings is 1. The number of fused-ring (bicyclic) bond motifs is 1. The fraction of sp³-hybridized carbons (Fsp3) is 0.524. The van der Waals surface area contributed by atoms with Crippen LogP contribution in [0.3, 0.4) is 0 Å². The highest BCUT2D eigenvalue weighted by molar-refractivity contribution is 5.74. The Labute approximate surface area is 160 Å². The molecule has 2 atom stereocenters. The van der Waals surface area contributed by atoms with Crippen molar-refractivity contribution in [3.63, 3.8) is 0 Å². The number of benzene rings is 1. The third-order valence-corrected chi connectivity index (χ3v) is 6.04. The molecule has 2 amide bonds. The highest BCUT2D eigenvalue weighted by Gasteiger charge is 2.36. The average molecular weight is 367 g/mol. The number of nitrogens with one attached hydrogen (secondary N) is 2. The van der Waals surface area contributed by atoms with Gasteiger partial charge in [0.05, 0.1) is 11.4 Å². The predicted molar refractivity (Wildman–Crippen MR) is 106 cm³/mol. The molecule has 0 aliphatic carbocycles. The molecule has 0 saturated carbocycles. The van der Waals surface area contributed by atoms with Gasteiger partial charge in [-0.1, -0.05) is 24.6 Å². The number of hydrogen-bond donors (Lipinski definition) is 2. The van der Waals surface area contributed by atoms with Crippen molar-refractivity contribution in [3.8, 4) is 5.69 Å². The molecule has 2 saturated heterocycles. The largest absolute Gasteiger partial charge is 0.334 e. The molecule has 2 aliphatic heterocycles. The number of para-hydroxylation sites is 1. The average Bonchev–Trinajstić information content (AvgIpc) is 3.22. The number of rotatable bonds is 4. The van der Waals surface area contributed by atoms with Crippen molar-refractivity contribution in [3.05, 3.63) is 47.3 Å². The second-order valence-electron chi connectivity index (χ2n) is 7.72. The van der Waals surface area contributed by atoms with E-state index in [0.29, 0.717) is 12.6 Å². The van der Waals surface area contributed by atoms with E-state index in [0.717, 1.165) is 35.6 Å². The standard InChI is InChI=1S/C21H29N5O/c1-15-18(16(2)26(24-15)17-8-4-3-5-9-17)14-22-21(27)23-19-11-13-25-12-7-6-10-20(19)25/h3-5,8-9,19-20H,6-7,10-14H2,1-2H3,(H2,22,23,27). The zero-order valence-electron chi connectivity index (χ0n) is 16.2. The molecule has 6 nitrogen and oxygen atoms in total. The molecule has 2 aromatic rings. The van der Waals surface area contributed by atoms with Gasteiger partial charge in [-0.2, -0.15) is 5.10 Å². The van der Waals surface area contributed by atoms with Gasteiger partial charge in [-0.05, 0) is 51.8 Å². The van der Waals surface area contributed by atoms with Crippen molar-refractivity contribution in [2.24, 2.45) is 0 Å². The van der Waals surface area contributed by atoms with E-state index in [1.807, 2.05) is 41.9 Å². The molecule has 27 heavy (non-hydrogen) atoms. The molecule has 2 N–H and O–H groups in total. The maximum atomic E-state index is 12.5. The lowest BCUT2D eigenvalue weighted by molar-refractivity contribution is 0.179. The van der Waals surface area contributed by atoms with Crippen molar-refractivity contribution in [2.75, 3.05) is 13.1 Å². The fourth-order valence-electron chi connectivity index (χ4n) is 4.56. The van der Waals surface area contributed by atoms with Crippen molar-refractivity contribution >= 4 is 6.03 Å². The summed E-state index contributed by atoms with van der Waals surface area (Å²) >= 11 is 0. The minimum atomic E-state index is -0.0707. The number of carbonyl (C=O) groups excluding carboxylic acids is 1. The number of aromatic nitrogens is 2. The van der Waals surface area contributed by atoms with E-state index in [-0.39, 0.29) is 12.1 Å². The molecule has 0 radical (unpaired) electrons. The SMILES string of the molecule is Cc1nn(-c2ccccc2)c(C)c1CNC(=O)NC1CCN2CCCCC12. The quantitative estimate of drug-likeness (QED) is 0.873. The van der Waals surface area contributed by atoms with Gasteiger partial charge in [0.1, 0.15) is 0 Å². The van der Waals surface area contributed by atoms with Gasteiger partial charge in [0.15, 0.2) is 0 Å². The second kappa shape index (κ2) is 7.72. The zero-order valence-corrected chi connectivity index (χ0v) is 16.2. The molecule has 2 aliphatic rings. The molecule has 3 heterocycles. The first-order valence-corrected chi connectivity index (χ1v) is 10.0. The highest BCUT2D eigenvalue weighted by Crippen LogP contribution is 2.27. The number of carbonyl (C=O) groups is 1. The van der Waals surface area contributed by atoms with E-state index in [1.165, 1.54) is 25.8 Å². The third-order valence-electron chi connectivity index (χ3n) is 6.04. The Balaban J connectivity index is 1.37. The first-order valence-electron chi connectivity index (χ1n) is 10.0. The highest BCUT2D eigenvalue weighted by atomic mass is 16.2. The Morgan fingerprint density at radius 3 is 2.78 bits per heavy atom. The maximum absolute atomic E-state index is 12.5. The smallest absolute Gasteiger partial charge is 0.315 e. The summed E-state index contributed by atoms with van der Waals surface area (Å²) in [6.45, 7) is 6.84. The normalized spacial score (nSPS) is 22.4. The lowest BCUT2D eigenvalue weighted by atomic mass is 9.99. The summed E-state index contributed by atoms with van der Waals surface area (Å²) in [6.07, 6.45) is 4.83. The molecule has 2 unspecified atom stereocenters. The molecule has 2 fully saturated rings. The molecular formula is C21H29N5O. The predicted octanol–water partition coefficient (Wildman–Crippen LogP) is 2.92. The monoisotopic (exact) mass is 367 g/mol. The second-order valence-corrected chi connectivity index (χ2v) is 7.72. The van der Waals surface area contributed by atoms with Crippen LogP contribution in [0.25, 0.3) is 5.69 Å². The van der Waals surface area contributed by atoms with E-state index in [4.69, 9.17) is 0 Å². The number of urea groups is 1. The van der Waals surface area contributed by atoms with Crippen molar-refractivity contribution in [2.45, 2.75) is 58.2 Å². The van der Waals surface area contributed by atoms with Gasteiger partial charge in [0, 0.05) is 36.4 Å². The molecule has 1 aromatic carbocycles. The third kappa shape index (κ3) is 3.72. The van der Waals surface area contributed by atoms with Crippen molar-refractivity contribution in [1.82, 2.24) is 25.3 Å². The van der Waals surface area contributed by atoms with Gasteiger partial charge < -0.3 is 10.6 Å². The Kier molecular flexibility index (Phi) is 5.16. The number of amides is 2. The molecule has 0 spiro atoms. The van der Waals surface area contributed by atoms with Crippen LogP contribution >= 0.6 is 0 Å². The van der Waals surface area contributed by atoms with Crippen LogP contribution in [-0.4, -0.2) is 45.9 Å². The Morgan fingerprint density at radius 2 is 1.96 bits per heavy atom. The first-order chi connectivity index (χ1) is 13.1. The van der Waals surface area contributed by atoms with Crippen LogP contribution in [-0.2, 0) is 6.54 Å². The van der Waals surface area contributed by atoms with Crippen molar-refractivity contribution in [1.29, 1.82) is 0 Å². The Morgan fingerprint density at radius 1 is 1.15 bits per heavy atom. The van der Waals surface area contributed by atoms with Crippen LogP contribution in [0.1, 0.15) is 42.6 Å². The van der Waals surface area contributed by atoms with Crippen LogP contribution in [0.5, 0.6) is 0 Å². The first kappa shape index (κ1) is 18.0. The molecule has 144 valence electrons. The van der Waals surface area contributed by atoms with Gasteiger partial charge in [-0.15, -0.1) is 0 Å². The lowest BCUT2D eigenvalue weighted by Crippen LogP contribution is -2.49. The Bertz CT molecular complexity index is 800. The summed E-state index contributed by atoms with van der Waals surface area (Å²) in [5.74, 6) is 0. The summed E-state index contributed by atoms with van der Waals surface area (Å²) in [5, 5.41) is 10.9. The van der Waals surface area contributed by atoms with Crippen molar-refractivity contribution < 1.29 is 4.79 Å². The minimum absolute atomic E-state index is 0.0707. The number of hydrogen-bond acceptors (Lipinski definition) is 3. The van der Waals surface area contributed by atoms with Gasteiger partial charge in [0.25, 0.3) is 0 Å². The summed E-state index contributed by atoms with van der Waals surface area (Å²) in [5.41, 5.74) is 4.14. The maximum Gasteiger partial charge on any atom is 0.315 e. The van der Waals surface area contributed by atoms with E-state index in [2.05, 4.69) is 27.6 Å². The molecule has 6 heteroatoms. The summed E-state index contributed by atoms with van der Waals surface area (Å²) in [6, 6.07) is 10.8. The molecule has 4 rings (SSSR count). The number of nitrogens with zero attached hydrogens (tertiary/aromatic N) is 3. The van der Waals surface area contributed by atoms with E-state index in [9.17, 15) is 4.79 Å². The molecule has 0 bridgehead atoms. The molecular weight excluding hydrogens is 338 g/mol. The Hall–Kier alpha value is -2.34. The molecule has 1 aromatic heterocycles. The van der Waals surface area contributed by atoms with Gasteiger partial charge in [0.2, 0.25) is 0 Å². The van der Waals surface area contributed by atoms with Crippen LogP contribution in [0.15, 0.2) is 30.3 Å². The van der Waals surface area contributed by atoms with Gasteiger partial charge in [-0.25, -0.2) is 9.48 Å². The van der Waals surface area contributed by atoms with Crippen LogP contribution in [0, 0.1) is 13.8 Å². The summed E-state index contributed by atoms with van der Waals surface area (Å²) in [4.78, 5) is 15.0. The van der Waals surface area contributed by atoms with E-state index >= 15 is 0 Å². The van der Waals surface area contributed by atoms with E-state index < -0.39 is 0 Å². The van der Waals surface area contributed by atoms with Crippen LogP contribution in [0.4, 0.5) is 4.79 Å². The van der Waals surface area contributed by atoms with Gasteiger partial charge >= 0.3 is 6.03 Å². The fourth-order valence-corrected chi connectivity index (χ4v) is 4.56. The van der Waals surface area contributed by atoms with Crippen LogP contribution in [0.2, 0.25) is 0 Å². The summed E-state index contributed by atoms with van der Waals surface area (Å²) < 4.78 is 1.95. The topological polar surface area (TPSA) is 62.2 Å². The minimum Gasteiger partial charge on any atom is -0.334 e. The van der Waals surface area contributed by atoms with Gasteiger partial charge in [-0.3, -0.25) is 4.90 Å². The zero-order chi connectivity index (χ0) is 18.8.